The molecule has 0 aromatic heterocycles. The van der Waals surface area contributed by atoms with Crippen molar-refractivity contribution in [1.82, 2.24) is 15.1 Å². The van der Waals surface area contributed by atoms with E-state index in [0.29, 0.717) is 37.1 Å². The third-order valence-electron chi connectivity index (χ3n) is 5.44. The molecule has 0 spiro atoms. The number of carbonyl (C=O) groups is 2. The van der Waals surface area contributed by atoms with E-state index in [1.54, 1.807) is 0 Å². The lowest BCUT2D eigenvalue weighted by atomic mass is 9.88. The van der Waals surface area contributed by atoms with E-state index in [4.69, 9.17) is 11.6 Å². The van der Waals surface area contributed by atoms with Crippen molar-refractivity contribution in [3.8, 4) is 0 Å². The molecular formula is C20H28ClN3O2. The summed E-state index contributed by atoms with van der Waals surface area (Å²) in [5.74, 6) is 0.493. The number of urea groups is 1. The molecule has 2 fully saturated rings. The molecule has 142 valence electrons. The summed E-state index contributed by atoms with van der Waals surface area (Å²) < 4.78 is 0. The maximum Gasteiger partial charge on any atom is 0.317 e. The normalized spacial score (nSPS) is 19.1. The highest BCUT2D eigenvalue weighted by molar-refractivity contribution is 6.31. The number of nitrogens with zero attached hydrogens (tertiary/aromatic N) is 2. The Labute approximate surface area is 160 Å². The molecule has 1 heterocycles. The first-order valence-electron chi connectivity index (χ1n) is 9.70. The summed E-state index contributed by atoms with van der Waals surface area (Å²) in [6.07, 6.45) is 6.47. The molecule has 0 radical (unpaired) electrons. The molecule has 1 saturated carbocycles. The van der Waals surface area contributed by atoms with Gasteiger partial charge >= 0.3 is 6.03 Å². The van der Waals surface area contributed by atoms with Gasteiger partial charge < -0.3 is 15.1 Å². The number of rotatable bonds is 3. The number of amides is 3. The Kier molecular flexibility index (Phi) is 6.78. The lowest BCUT2D eigenvalue weighted by Gasteiger charge is -2.28. The Morgan fingerprint density at radius 2 is 1.65 bits per heavy atom. The quantitative estimate of drug-likeness (QED) is 0.873. The number of nitrogens with one attached hydrogen (secondary N) is 1. The molecule has 5 nitrogen and oxygen atoms in total. The zero-order valence-corrected chi connectivity index (χ0v) is 16.0. The SMILES string of the molecule is O=C(NCc1ccccc1Cl)N1CCCN(C(=O)C2CCCCC2)CC1. The van der Waals surface area contributed by atoms with Crippen LogP contribution in [0.1, 0.15) is 44.1 Å². The minimum atomic E-state index is -0.0862. The summed E-state index contributed by atoms with van der Waals surface area (Å²) in [7, 11) is 0. The second-order valence-corrected chi connectivity index (χ2v) is 7.66. The van der Waals surface area contributed by atoms with Gasteiger partial charge in [0.05, 0.1) is 0 Å². The van der Waals surface area contributed by atoms with E-state index in [-0.39, 0.29) is 11.9 Å². The monoisotopic (exact) mass is 377 g/mol. The highest BCUT2D eigenvalue weighted by Gasteiger charge is 2.28. The summed E-state index contributed by atoms with van der Waals surface area (Å²) in [5.41, 5.74) is 0.909. The van der Waals surface area contributed by atoms with Gasteiger partial charge in [0.25, 0.3) is 0 Å². The molecule has 3 rings (SSSR count). The molecule has 1 aromatic carbocycles. The molecule has 1 aromatic rings. The third kappa shape index (κ3) is 4.91. The fraction of sp³-hybridized carbons (Fsp3) is 0.600. The molecule has 6 heteroatoms. The van der Waals surface area contributed by atoms with Gasteiger partial charge in [-0.15, -0.1) is 0 Å². The predicted octanol–water partition coefficient (Wildman–Crippen LogP) is 3.66. The smallest absolute Gasteiger partial charge is 0.317 e. The van der Waals surface area contributed by atoms with E-state index >= 15 is 0 Å². The lowest BCUT2D eigenvalue weighted by molar-refractivity contribution is -0.136. The van der Waals surface area contributed by atoms with Crippen LogP contribution in [-0.2, 0) is 11.3 Å². The molecule has 0 atom stereocenters. The van der Waals surface area contributed by atoms with Crippen LogP contribution < -0.4 is 5.32 Å². The fourth-order valence-corrected chi connectivity index (χ4v) is 4.08. The van der Waals surface area contributed by atoms with E-state index in [9.17, 15) is 9.59 Å². The average Bonchev–Trinajstić information content (AvgIpc) is 2.93. The summed E-state index contributed by atoms with van der Waals surface area (Å²) >= 11 is 6.14. The number of carbonyl (C=O) groups excluding carboxylic acids is 2. The van der Waals surface area contributed by atoms with Crippen LogP contribution in [-0.4, -0.2) is 47.9 Å². The lowest BCUT2D eigenvalue weighted by Crippen LogP contribution is -2.43. The number of halogens is 1. The van der Waals surface area contributed by atoms with Crippen molar-refractivity contribution < 1.29 is 9.59 Å². The largest absolute Gasteiger partial charge is 0.341 e. The van der Waals surface area contributed by atoms with Crippen molar-refractivity contribution in [2.45, 2.75) is 45.1 Å². The Morgan fingerprint density at radius 1 is 0.962 bits per heavy atom. The standard InChI is InChI=1S/C20H28ClN3O2/c21-18-10-5-4-9-17(18)15-22-20(26)24-12-6-11-23(13-14-24)19(25)16-7-2-1-3-8-16/h4-5,9-10,16H,1-3,6-8,11-15H2,(H,22,26). The van der Waals surface area contributed by atoms with E-state index < -0.39 is 0 Å². The maximum absolute atomic E-state index is 12.7. The van der Waals surface area contributed by atoms with Gasteiger partial charge in [0, 0.05) is 43.7 Å². The molecule has 2 aliphatic rings. The van der Waals surface area contributed by atoms with Crippen LogP contribution >= 0.6 is 11.6 Å². The van der Waals surface area contributed by atoms with Crippen LogP contribution in [0.15, 0.2) is 24.3 Å². The molecular weight excluding hydrogens is 350 g/mol. The van der Waals surface area contributed by atoms with Gasteiger partial charge in [0.2, 0.25) is 5.91 Å². The summed E-state index contributed by atoms with van der Waals surface area (Å²) in [6.45, 7) is 3.08. The first-order valence-corrected chi connectivity index (χ1v) is 10.1. The number of hydrogen-bond acceptors (Lipinski definition) is 2. The van der Waals surface area contributed by atoms with Crippen molar-refractivity contribution in [2.75, 3.05) is 26.2 Å². The van der Waals surface area contributed by atoms with Crippen LogP contribution in [0.25, 0.3) is 0 Å². The van der Waals surface area contributed by atoms with Gasteiger partial charge in [0.1, 0.15) is 0 Å². The first kappa shape index (κ1) is 19.0. The molecule has 1 aliphatic carbocycles. The van der Waals surface area contributed by atoms with Crippen LogP contribution in [0, 0.1) is 5.92 Å². The van der Waals surface area contributed by atoms with Gasteiger partial charge in [-0.3, -0.25) is 4.79 Å². The predicted molar refractivity (Wildman–Crippen MR) is 103 cm³/mol. The Bertz CT molecular complexity index is 631. The van der Waals surface area contributed by atoms with Crippen molar-refractivity contribution in [3.05, 3.63) is 34.9 Å². The zero-order valence-electron chi connectivity index (χ0n) is 15.3. The summed E-state index contributed by atoms with van der Waals surface area (Å²) in [5, 5.41) is 3.60. The van der Waals surface area contributed by atoms with Crippen LogP contribution in [0.4, 0.5) is 4.79 Å². The first-order chi connectivity index (χ1) is 12.6. The summed E-state index contributed by atoms with van der Waals surface area (Å²) in [4.78, 5) is 29.0. The molecule has 1 aliphatic heterocycles. The van der Waals surface area contributed by atoms with Gasteiger partial charge in [-0.25, -0.2) is 4.79 Å². The third-order valence-corrected chi connectivity index (χ3v) is 5.81. The number of benzene rings is 1. The second-order valence-electron chi connectivity index (χ2n) is 7.25. The average molecular weight is 378 g/mol. The molecule has 26 heavy (non-hydrogen) atoms. The highest BCUT2D eigenvalue weighted by Crippen LogP contribution is 2.25. The Morgan fingerprint density at radius 3 is 2.42 bits per heavy atom. The second kappa shape index (κ2) is 9.26. The zero-order chi connectivity index (χ0) is 18.4. The van der Waals surface area contributed by atoms with Crippen LogP contribution in [0.3, 0.4) is 0 Å². The maximum atomic E-state index is 12.7. The van der Waals surface area contributed by atoms with Crippen molar-refractivity contribution in [2.24, 2.45) is 5.92 Å². The van der Waals surface area contributed by atoms with Crippen molar-refractivity contribution in [3.63, 3.8) is 0 Å². The van der Waals surface area contributed by atoms with Gasteiger partial charge in [-0.05, 0) is 30.9 Å². The van der Waals surface area contributed by atoms with Crippen LogP contribution in [0.2, 0.25) is 5.02 Å². The van der Waals surface area contributed by atoms with Gasteiger partial charge in [-0.2, -0.15) is 0 Å². The van der Waals surface area contributed by atoms with Gasteiger partial charge in [-0.1, -0.05) is 49.1 Å². The molecule has 1 saturated heterocycles. The highest BCUT2D eigenvalue weighted by atomic mass is 35.5. The minimum Gasteiger partial charge on any atom is -0.341 e. The van der Waals surface area contributed by atoms with E-state index in [1.165, 1.54) is 19.3 Å². The van der Waals surface area contributed by atoms with E-state index in [1.807, 2.05) is 34.1 Å². The van der Waals surface area contributed by atoms with Gasteiger partial charge in [0.15, 0.2) is 0 Å². The topological polar surface area (TPSA) is 52.7 Å². The Balaban J connectivity index is 1.49. The molecule has 0 unspecified atom stereocenters. The van der Waals surface area contributed by atoms with Crippen molar-refractivity contribution in [1.29, 1.82) is 0 Å². The number of hydrogen-bond donors (Lipinski definition) is 1. The minimum absolute atomic E-state index is 0.0862. The van der Waals surface area contributed by atoms with Crippen LogP contribution in [0.5, 0.6) is 0 Å². The van der Waals surface area contributed by atoms with Crippen molar-refractivity contribution >= 4 is 23.5 Å². The summed E-state index contributed by atoms with van der Waals surface area (Å²) in [6, 6.07) is 7.44. The van der Waals surface area contributed by atoms with E-state index in [2.05, 4.69) is 5.32 Å². The fourth-order valence-electron chi connectivity index (χ4n) is 3.87. The van der Waals surface area contributed by atoms with E-state index in [0.717, 1.165) is 31.4 Å². The Hall–Kier alpha value is -1.75. The molecule has 0 bridgehead atoms. The molecule has 3 amide bonds. The molecule has 1 N–H and O–H groups in total.